The third-order valence-electron chi connectivity index (χ3n) is 5.18. The topological polar surface area (TPSA) is 79.5 Å². The zero-order valence-corrected chi connectivity index (χ0v) is 18.6. The van der Waals surface area contributed by atoms with Gasteiger partial charge in [-0.1, -0.05) is 44.0 Å². The molecule has 5 nitrogen and oxygen atoms in total. The van der Waals surface area contributed by atoms with Crippen LogP contribution in [0.25, 0.3) is 10.9 Å². The van der Waals surface area contributed by atoms with Crippen molar-refractivity contribution in [1.29, 1.82) is 0 Å². The average molecular weight is 470 g/mol. The number of carboxylic acid groups (broad SMARTS) is 1. The number of aliphatic carboxylic acids is 1. The molecule has 0 saturated carbocycles. The van der Waals surface area contributed by atoms with Crippen molar-refractivity contribution in [3.05, 3.63) is 62.8 Å². The van der Waals surface area contributed by atoms with Gasteiger partial charge in [-0.2, -0.15) is 0 Å². The van der Waals surface area contributed by atoms with E-state index in [2.05, 4.69) is 0 Å². The summed E-state index contributed by atoms with van der Waals surface area (Å²) in [6.45, 7) is 6.39. The smallest absolute Gasteiger partial charge is 0.311 e. The summed E-state index contributed by atoms with van der Waals surface area (Å²) in [6, 6.07) is 4.91. The van der Waals surface area contributed by atoms with Crippen LogP contribution in [0.1, 0.15) is 48.3 Å². The number of rotatable bonds is 3. The van der Waals surface area contributed by atoms with Gasteiger partial charge in [0, 0.05) is 22.7 Å². The van der Waals surface area contributed by atoms with Crippen LogP contribution in [-0.4, -0.2) is 26.7 Å². The molecule has 0 saturated heterocycles. The van der Waals surface area contributed by atoms with Crippen LogP contribution in [0, 0.1) is 24.0 Å². The fraction of sp³-hybridized carbons (Fsp3) is 0.273. The molecule has 0 aliphatic heterocycles. The van der Waals surface area contributed by atoms with Gasteiger partial charge in [0.2, 0.25) is 0 Å². The molecule has 9 heteroatoms. The lowest BCUT2D eigenvalue weighted by Crippen LogP contribution is -2.27. The SMILES string of the molecule is Cc1c(C(C(=O)O)C(C)(C)C)c2c(F)c(O)c(F)cc2n1C(=O)c1ccc(Cl)c(Cl)c1. The van der Waals surface area contributed by atoms with Crippen LogP contribution in [0.5, 0.6) is 5.75 Å². The van der Waals surface area contributed by atoms with Gasteiger partial charge in [-0.05, 0) is 36.1 Å². The molecule has 2 aromatic carbocycles. The van der Waals surface area contributed by atoms with E-state index < -0.39 is 40.6 Å². The fourth-order valence-corrected chi connectivity index (χ4v) is 4.11. The Labute approximate surface area is 186 Å². The van der Waals surface area contributed by atoms with E-state index in [0.717, 1.165) is 10.6 Å². The van der Waals surface area contributed by atoms with Crippen LogP contribution in [0.3, 0.4) is 0 Å². The minimum atomic E-state index is -1.33. The molecule has 1 unspecified atom stereocenters. The van der Waals surface area contributed by atoms with Gasteiger partial charge in [-0.15, -0.1) is 0 Å². The molecule has 2 N–H and O–H groups in total. The highest BCUT2D eigenvalue weighted by molar-refractivity contribution is 6.42. The van der Waals surface area contributed by atoms with E-state index >= 15 is 4.39 Å². The van der Waals surface area contributed by atoms with Gasteiger partial charge >= 0.3 is 5.97 Å². The molecule has 1 aromatic heterocycles. The summed E-state index contributed by atoms with van der Waals surface area (Å²) in [6.07, 6.45) is 0. The van der Waals surface area contributed by atoms with Crippen molar-refractivity contribution in [2.24, 2.45) is 5.41 Å². The second-order valence-electron chi connectivity index (χ2n) is 8.32. The van der Waals surface area contributed by atoms with E-state index in [4.69, 9.17) is 23.2 Å². The molecule has 1 atom stereocenters. The van der Waals surface area contributed by atoms with E-state index in [9.17, 15) is 24.2 Å². The molecular weight excluding hydrogens is 451 g/mol. The molecule has 0 aliphatic rings. The number of hydrogen-bond acceptors (Lipinski definition) is 3. The molecule has 0 amide bonds. The zero-order valence-electron chi connectivity index (χ0n) is 17.1. The first-order valence-electron chi connectivity index (χ1n) is 9.21. The van der Waals surface area contributed by atoms with Crippen molar-refractivity contribution in [2.45, 2.75) is 33.6 Å². The quantitative estimate of drug-likeness (QED) is 0.482. The zero-order chi connectivity index (χ0) is 23.4. The molecule has 31 heavy (non-hydrogen) atoms. The van der Waals surface area contributed by atoms with Gasteiger partial charge in [0.1, 0.15) is 0 Å². The maximum atomic E-state index is 15.1. The van der Waals surface area contributed by atoms with Crippen molar-refractivity contribution in [2.75, 3.05) is 0 Å². The molecule has 0 fully saturated rings. The molecule has 0 bridgehead atoms. The first-order chi connectivity index (χ1) is 14.3. The largest absolute Gasteiger partial charge is 0.503 e. The van der Waals surface area contributed by atoms with Crippen LogP contribution in [0.2, 0.25) is 10.0 Å². The molecule has 3 aromatic rings. The third kappa shape index (κ3) is 3.77. The lowest BCUT2D eigenvalue weighted by molar-refractivity contribution is -0.141. The van der Waals surface area contributed by atoms with E-state index in [1.165, 1.54) is 25.1 Å². The summed E-state index contributed by atoms with van der Waals surface area (Å²) in [5.41, 5.74) is -0.920. The Morgan fingerprint density at radius 3 is 2.23 bits per heavy atom. The normalized spacial score (nSPS) is 12.9. The first kappa shape index (κ1) is 23.0. The number of halogens is 4. The lowest BCUT2D eigenvalue weighted by atomic mass is 9.75. The van der Waals surface area contributed by atoms with E-state index in [1.54, 1.807) is 20.8 Å². The molecule has 1 heterocycles. The summed E-state index contributed by atoms with van der Waals surface area (Å²) in [4.78, 5) is 25.5. The standard InChI is InChI=1S/C22H19Cl2F2NO4/c1-9-15(17(21(30)31)22(2,3)4)16-14(8-13(25)19(28)18(16)26)27(9)20(29)10-5-6-11(23)12(24)7-10/h5-8,17,28H,1-4H3,(H,30,31). The van der Waals surface area contributed by atoms with Gasteiger partial charge < -0.3 is 10.2 Å². The summed E-state index contributed by atoms with van der Waals surface area (Å²) in [5.74, 6) is -7.04. The maximum absolute atomic E-state index is 15.1. The Hall–Kier alpha value is -2.64. The number of hydrogen-bond donors (Lipinski definition) is 2. The van der Waals surface area contributed by atoms with Gasteiger partial charge in [0.05, 0.1) is 21.5 Å². The summed E-state index contributed by atoms with van der Waals surface area (Å²) >= 11 is 11.9. The van der Waals surface area contributed by atoms with Crippen LogP contribution in [0.4, 0.5) is 8.78 Å². The minimum absolute atomic E-state index is 0.0174. The highest BCUT2D eigenvalue weighted by Crippen LogP contribution is 2.44. The van der Waals surface area contributed by atoms with Crippen molar-refractivity contribution in [3.63, 3.8) is 0 Å². The predicted octanol–water partition coefficient (Wildman–Crippen LogP) is 6.14. The Kier molecular flexibility index (Phi) is 5.80. The van der Waals surface area contributed by atoms with E-state index in [1.807, 2.05) is 0 Å². The van der Waals surface area contributed by atoms with E-state index in [0.29, 0.717) is 0 Å². The Balaban J connectivity index is 2.46. The Bertz CT molecular complexity index is 1250. The number of fused-ring (bicyclic) bond motifs is 1. The Morgan fingerprint density at radius 2 is 1.71 bits per heavy atom. The third-order valence-corrected chi connectivity index (χ3v) is 5.92. The minimum Gasteiger partial charge on any atom is -0.503 e. The summed E-state index contributed by atoms with van der Waals surface area (Å²) < 4.78 is 30.3. The van der Waals surface area contributed by atoms with Crippen LogP contribution in [0.15, 0.2) is 24.3 Å². The highest BCUT2D eigenvalue weighted by atomic mass is 35.5. The number of carbonyl (C=O) groups excluding carboxylic acids is 1. The van der Waals surface area contributed by atoms with Gasteiger partial charge in [0.15, 0.2) is 17.4 Å². The molecular formula is C22H19Cl2F2NO4. The number of aromatic nitrogens is 1. The van der Waals surface area contributed by atoms with Crippen LogP contribution in [-0.2, 0) is 4.79 Å². The Morgan fingerprint density at radius 1 is 1.10 bits per heavy atom. The number of phenolic OH excluding ortho intramolecular Hbond substituents is 1. The second kappa shape index (κ2) is 7.80. The number of aromatic hydroxyl groups is 1. The molecule has 0 radical (unpaired) electrons. The van der Waals surface area contributed by atoms with Crippen molar-refractivity contribution in [1.82, 2.24) is 4.57 Å². The van der Waals surface area contributed by atoms with Crippen molar-refractivity contribution in [3.8, 4) is 5.75 Å². The van der Waals surface area contributed by atoms with Gasteiger partial charge in [-0.25, -0.2) is 8.78 Å². The van der Waals surface area contributed by atoms with E-state index in [-0.39, 0.29) is 37.8 Å². The first-order valence-corrected chi connectivity index (χ1v) is 9.97. The average Bonchev–Trinajstić information content (AvgIpc) is 2.92. The number of benzene rings is 2. The number of nitrogens with zero attached hydrogens (tertiary/aromatic N) is 1. The second-order valence-corrected chi connectivity index (χ2v) is 9.14. The van der Waals surface area contributed by atoms with Gasteiger partial charge in [-0.3, -0.25) is 14.2 Å². The molecule has 0 aliphatic carbocycles. The lowest BCUT2D eigenvalue weighted by Gasteiger charge is -2.28. The molecule has 164 valence electrons. The monoisotopic (exact) mass is 469 g/mol. The van der Waals surface area contributed by atoms with Gasteiger partial charge in [0.25, 0.3) is 5.91 Å². The van der Waals surface area contributed by atoms with Crippen molar-refractivity contribution < 1.29 is 28.6 Å². The molecule has 3 rings (SSSR count). The maximum Gasteiger partial charge on any atom is 0.311 e. The highest BCUT2D eigenvalue weighted by Gasteiger charge is 2.39. The van der Waals surface area contributed by atoms with Crippen LogP contribution >= 0.6 is 23.2 Å². The number of phenols is 1. The summed E-state index contributed by atoms with van der Waals surface area (Å²) in [5, 5.41) is 19.8. The fourth-order valence-electron chi connectivity index (χ4n) is 3.81. The number of carbonyl (C=O) groups is 2. The molecule has 0 spiro atoms. The van der Waals surface area contributed by atoms with Crippen molar-refractivity contribution >= 4 is 46.0 Å². The predicted molar refractivity (Wildman–Crippen MR) is 114 cm³/mol. The number of carboxylic acids is 1. The van der Waals surface area contributed by atoms with Crippen LogP contribution < -0.4 is 0 Å². The summed E-state index contributed by atoms with van der Waals surface area (Å²) in [7, 11) is 0.